The van der Waals surface area contributed by atoms with Crippen LogP contribution >= 0.6 is 23.2 Å². The first-order valence-electron chi connectivity index (χ1n) is 17.3. The summed E-state index contributed by atoms with van der Waals surface area (Å²) in [6.45, 7) is 1.31. The normalized spacial score (nSPS) is 11.2. The number of carbonyl (C=O) groups excluding carboxylic acids is 6. The maximum Gasteiger partial charge on any atom is 0.305 e. The first-order chi connectivity index (χ1) is 26.1. The number of carboxylic acid groups (broad SMARTS) is 1. The fourth-order valence-electron chi connectivity index (χ4n) is 5.23. The molecule has 0 saturated heterocycles. The monoisotopic (exact) mass is 799 g/mol. The third kappa shape index (κ3) is 16.1. The highest BCUT2D eigenvalue weighted by Crippen LogP contribution is 2.36. The number of aromatic hydroxyl groups is 1. The zero-order valence-corrected chi connectivity index (χ0v) is 31.6. The molecule has 0 radical (unpaired) electrons. The van der Waals surface area contributed by atoms with Crippen LogP contribution in [0.25, 0.3) is 0 Å². The lowest BCUT2D eigenvalue weighted by Gasteiger charge is -2.19. The van der Waals surface area contributed by atoms with Gasteiger partial charge in [0.2, 0.25) is 17.7 Å². The Balaban J connectivity index is 1.35. The lowest BCUT2D eigenvalue weighted by atomic mass is 10.0. The standard InChI is InChI=1S/C38H43Cl2N5O10/c1-22(46)14-28(47)11-8-23-6-9-27(10-7-23)44-34(49)5-2-4-33(48)42-12-3-13-55-29-16-24(15-26(41)19-29)38(54)43-21-35(50)45-32(20-36(51)52)30-17-25(39)18-31(40)37(30)53/h6-7,9-10,15-19,32,53H,2-5,8,11-14,20-21,41H2,1H3,(H,42,48)(H,43,54)(H,44,49)(H,45,50)(H,51,52). The molecule has 15 nitrogen and oxygen atoms in total. The van der Waals surface area contributed by atoms with Gasteiger partial charge in [0.1, 0.15) is 23.1 Å². The Morgan fingerprint density at radius 2 is 1.56 bits per heavy atom. The van der Waals surface area contributed by atoms with Gasteiger partial charge in [0.15, 0.2) is 0 Å². The van der Waals surface area contributed by atoms with Crippen molar-refractivity contribution in [2.24, 2.45) is 0 Å². The van der Waals surface area contributed by atoms with Crippen LogP contribution in [0.3, 0.4) is 0 Å². The first kappa shape index (κ1) is 43.7. The number of hydrogen-bond acceptors (Lipinski definition) is 10. The second-order valence-electron chi connectivity index (χ2n) is 12.6. The average Bonchev–Trinajstić information content (AvgIpc) is 3.10. The molecule has 1 atom stereocenters. The first-order valence-corrected chi connectivity index (χ1v) is 18.0. The number of carboxylic acids is 1. The van der Waals surface area contributed by atoms with E-state index in [2.05, 4.69) is 21.3 Å². The minimum atomic E-state index is -1.27. The van der Waals surface area contributed by atoms with Crippen LogP contribution in [0.5, 0.6) is 11.5 Å². The SMILES string of the molecule is CC(=O)CC(=O)CCc1ccc(NC(=O)CCCC(=O)NCCCOc2cc(N)cc(C(=O)NCC(=O)NC(CC(=O)O)c3cc(Cl)cc(Cl)c3O)c2)cc1. The highest BCUT2D eigenvalue weighted by molar-refractivity contribution is 6.35. The molecule has 0 aliphatic heterocycles. The van der Waals surface area contributed by atoms with Gasteiger partial charge < -0.3 is 42.0 Å². The topological polar surface area (TPSA) is 243 Å². The Morgan fingerprint density at radius 3 is 2.25 bits per heavy atom. The smallest absolute Gasteiger partial charge is 0.305 e. The van der Waals surface area contributed by atoms with Gasteiger partial charge in [-0.05, 0) is 68.1 Å². The zero-order chi connectivity index (χ0) is 40.5. The van der Waals surface area contributed by atoms with E-state index in [-0.39, 0.29) is 88.3 Å². The van der Waals surface area contributed by atoms with E-state index in [4.69, 9.17) is 33.7 Å². The maximum atomic E-state index is 12.8. The number of phenols is 1. The molecule has 3 aromatic carbocycles. The van der Waals surface area contributed by atoms with Crippen LogP contribution in [-0.2, 0) is 35.2 Å². The molecule has 1 unspecified atom stereocenters. The number of rotatable bonds is 22. The number of amides is 4. The second-order valence-corrected chi connectivity index (χ2v) is 13.4. The summed E-state index contributed by atoms with van der Waals surface area (Å²) >= 11 is 11.9. The van der Waals surface area contributed by atoms with E-state index in [9.17, 15) is 43.8 Å². The fourth-order valence-corrected chi connectivity index (χ4v) is 5.73. The predicted molar refractivity (Wildman–Crippen MR) is 205 cm³/mol. The molecule has 0 aromatic heterocycles. The molecule has 0 saturated carbocycles. The molecule has 0 aliphatic rings. The van der Waals surface area contributed by atoms with Crippen LogP contribution in [0.1, 0.15) is 79.4 Å². The Hall–Kier alpha value is -5.67. The summed E-state index contributed by atoms with van der Waals surface area (Å²) in [5.74, 6) is -3.59. The van der Waals surface area contributed by atoms with Gasteiger partial charge >= 0.3 is 5.97 Å². The van der Waals surface area contributed by atoms with Crippen LogP contribution in [0.4, 0.5) is 11.4 Å². The second kappa shape index (κ2) is 21.9. The molecular weight excluding hydrogens is 757 g/mol. The fraction of sp³-hybridized carbons (Fsp3) is 0.342. The summed E-state index contributed by atoms with van der Waals surface area (Å²) in [7, 11) is 0. The minimum absolute atomic E-state index is 0.00609. The number of nitrogen functional groups attached to an aromatic ring is 1. The number of nitrogens with two attached hydrogens (primary N) is 1. The van der Waals surface area contributed by atoms with Crippen molar-refractivity contribution in [2.75, 3.05) is 30.7 Å². The number of ether oxygens (including phenoxy) is 1. The van der Waals surface area contributed by atoms with Gasteiger partial charge in [-0.3, -0.25) is 33.6 Å². The quantitative estimate of drug-likeness (QED) is 0.0423. The lowest BCUT2D eigenvalue weighted by molar-refractivity contribution is -0.138. The molecule has 294 valence electrons. The van der Waals surface area contributed by atoms with Crippen molar-refractivity contribution < 1.29 is 48.5 Å². The number of Topliss-reactive ketones (excluding diaryl/α,β-unsaturated/α-hetero) is 2. The number of aryl methyl sites for hydroxylation is 1. The van der Waals surface area contributed by atoms with E-state index in [1.807, 2.05) is 0 Å². The third-order valence-electron chi connectivity index (χ3n) is 7.84. The number of nitrogens with one attached hydrogen (secondary N) is 4. The molecular formula is C38H43Cl2N5O10. The molecule has 17 heteroatoms. The van der Waals surface area contributed by atoms with Crippen molar-refractivity contribution in [3.63, 3.8) is 0 Å². The Kier molecular flexibility index (Phi) is 17.4. The number of carbonyl (C=O) groups is 7. The van der Waals surface area contributed by atoms with Crippen molar-refractivity contribution in [1.29, 1.82) is 0 Å². The van der Waals surface area contributed by atoms with E-state index < -0.39 is 42.5 Å². The molecule has 0 bridgehead atoms. The van der Waals surface area contributed by atoms with Crippen LogP contribution < -0.4 is 31.7 Å². The van der Waals surface area contributed by atoms with Crippen LogP contribution in [0, 0.1) is 0 Å². The van der Waals surface area contributed by atoms with E-state index >= 15 is 0 Å². The van der Waals surface area contributed by atoms with Crippen LogP contribution in [-0.4, -0.2) is 71.1 Å². The van der Waals surface area contributed by atoms with Crippen molar-refractivity contribution in [2.45, 2.75) is 64.3 Å². The van der Waals surface area contributed by atoms with Crippen molar-refractivity contribution in [3.05, 3.63) is 81.3 Å². The van der Waals surface area contributed by atoms with E-state index in [0.717, 1.165) is 5.56 Å². The number of phenolic OH excluding ortho intramolecular Hbond substituents is 1. The number of benzene rings is 3. The Morgan fingerprint density at radius 1 is 0.855 bits per heavy atom. The van der Waals surface area contributed by atoms with Gasteiger partial charge in [0.05, 0.1) is 37.1 Å². The molecule has 0 heterocycles. The van der Waals surface area contributed by atoms with Gasteiger partial charge in [-0.1, -0.05) is 35.3 Å². The third-order valence-corrected chi connectivity index (χ3v) is 8.35. The van der Waals surface area contributed by atoms with E-state index in [1.165, 1.54) is 37.3 Å². The van der Waals surface area contributed by atoms with Gasteiger partial charge in [-0.15, -0.1) is 0 Å². The van der Waals surface area contributed by atoms with E-state index in [0.29, 0.717) is 31.5 Å². The molecule has 8 N–H and O–H groups in total. The summed E-state index contributed by atoms with van der Waals surface area (Å²) in [6, 6.07) is 12.7. The van der Waals surface area contributed by atoms with Crippen molar-refractivity contribution in [3.8, 4) is 11.5 Å². The molecule has 55 heavy (non-hydrogen) atoms. The molecule has 0 spiro atoms. The lowest BCUT2D eigenvalue weighted by Crippen LogP contribution is -2.39. The molecule has 3 rings (SSSR count). The number of anilines is 2. The Bertz CT molecular complexity index is 1890. The van der Waals surface area contributed by atoms with Gasteiger partial charge in [-0.2, -0.15) is 0 Å². The summed E-state index contributed by atoms with van der Waals surface area (Å²) in [4.78, 5) is 84.2. The minimum Gasteiger partial charge on any atom is -0.506 e. The summed E-state index contributed by atoms with van der Waals surface area (Å²) in [6.07, 6.45) is 1.16. The molecule has 0 fully saturated rings. The van der Waals surface area contributed by atoms with Gasteiger partial charge in [-0.25, -0.2) is 0 Å². The number of ketones is 2. The van der Waals surface area contributed by atoms with Crippen molar-refractivity contribution >= 4 is 75.7 Å². The number of aliphatic carboxylic acids is 1. The predicted octanol–water partition coefficient (Wildman–Crippen LogP) is 4.52. The highest BCUT2D eigenvalue weighted by atomic mass is 35.5. The molecule has 4 amide bonds. The molecule has 3 aromatic rings. The highest BCUT2D eigenvalue weighted by Gasteiger charge is 2.23. The largest absolute Gasteiger partial charge is 0.506 e. The molecule has 0 aliphatic carbocycles. The van der Waals surface area contributed by atoms with Crippen molar-refractivity contribution in [1.82, 2.24) is 16.0 Å². The van der Waals surface area contributed by atoms with E-state index in [1.54, 1.807) is 24.3 Å². The Labute approximate surface area is 327 Å². The summed E-state index contributed by atoms with van der Waals surface area (Å²) < 4.78 is 5.70. The summed E-state index contributed by atoms with van der Waals surface area (Å²) in [5.41, 5.74) is 7.75. The maximum absolute atomic E-state index is 12.8. The van der Waals surface area contributed by atoms with Crippen LogP contribution in [0.15, 0.2) is 54.6 Å². The van der Waals surface area contributed by atoms with Crippen LogP contribution in [0.2, 0.25) is 10.0 Å². The average molecular weight is 801 g/mol. The zero-order valence-electron chi connectivity index (χ0n) is 30.0. The van der Waals surface area contributed by atoms with Gasteiger partial charge in [0, 0.05) is 59.4 Å². The number of hydrogen-bond donors (Lipinski definition) is 7. The summed E-state index contributed by atoms with van der Waals surface area (Å²) in [5, 5.41) is 30.0. The number of halogens is 2. The van der Waals surface area contributed by atoms with Gasteiger partial charge in [0.25, 0.3) is 5.91 Å².